The molecule has 0 aliphatic heterocycles. The first-order valence-corrected chi connectivity index (χ1v) is 8.66. The zero-order valence-electron chi connectivity index (χ0n) is 13.0. The normalized spacial score (nSPS) is 12.8. The minimum atomic E-state index is -1.64. The molecule has 0 aliphatic carbocycles. The van der Waals surface area contributed by atoms with Crippen molar-refractivity contribution < 1.29 is 4.79 Å². The number of benzene rings is 1. The number of amides is 1. The van der Waals surface area contributed by atoms with Crippen LogP contribution in [0.25, 0.3) is 0 Å². The molecule has 0 bridgehead atoms. The van der Waals surface area contributed by atoms with E-state index in [1.165, 1.54) is 0 Å². The summed E-state index contributed by atoms with van der Waals surface area (Å²) in [5.74, 6) is -0.117. The second kappa shape index (κ2) is 9.49. The molecule has 3 nitrogen and oxygen atoms in total. The van der Waals surface area contributed by atoms with E-state index in [0.29, 0.717) is 6.42 Å². The fraction of sp³-hybridized carbons (Fsp3) is 0.562. The molecule has 0 saturated heterocycles. The average Bonchev–Trinajstić information content (AvgIpc) is 2.44. The van der Waals surface area contributed by atoms with Crippen molar-refractivity contribution in [2.45, 2.75) is 55.9 Å². The number of hydrogen-bond donors (Lipinski definition) is 2. The van der Waals surface area contributed by atoms with E-state index in [4.69, 9.17) is 34.8 Å². The lowest BCUT2D eigenvalue weighted by Crippen LogP contribution is -2.49. The lowest BCUT2D eigenvalue weighted by molar-refractivity contribution is -0.121. The van der Waals surface area contributed by atoms with Crippen LogP contribution in [0, 0.1) is 6.92 Å². The van der Waals surface area contributed by atoms with Crippen molar-refractivity contribution in [3.8, 4) is 0 Å². The summed E-state index contributed by atoms with van der Waals surface area (Å²) in [4.78, 5) is 12.0. The molecule has 0 fully saturated rings. The van der Waals surface area contributed by atoms with Gasteiger partial charge in [0.15, 0.2) is 0 Å². The second-order valence-electron chi connectivity index (χ2n) is 5.31. The topological polar surface area (TPSA) is 41.1 Å². The highest BCUT2D eigenvalue weighted by Gasteiger charge is 2.34. The molecular formula is C16H23Cl3N2O. The van der Waals surface area contributed by atoms with E-state index in [-0.39, 0.29) is 5.91 Å². The van der Waals surface area contributed by atoms with Gasteiger partial charge in [-0.2, -0.15) is 0 Å². The van der Waals surface area contributed by atoms with Gasteiger partial charge in [0.1, 0.15) is 6.17 Å². The Morgan fingerprint density at radius 2 is 1.86 bits per heavy atom. The molecular weight excluding hydrogens is 343 g/mol. The van der Waals surface area contributed by atoms with Crippen LogP contribution in [0.4, 0.5) is 5.69 Å². The summed E-state index contributed by atoms with van der Waals surface area (Å²) in [6.07, 6.45) is 3.80. The summed E-state index contributed by atoms with van der Waals surface area (Å²) in [5, 5.41) is 5.86. The molecule has 0 radical (unpaired) electrons. The third-order valence-electron chi connectivity index (χ3n) is 3.33. The SMILES string of the molecule is CCCCCCC(=O)N[C@H](Nc1ccccc1C)C(Cl)(Cl)Cl. The fourth-order valence-corrected chi connectivity index (χ4v) is 2.36. The fourth-order valence-electron chi connectivity index (χ4n) is 2.04. The van der Waals surface area contributed by atoms with Crippen molar-refractivity contribution in [2.24, 2.45) is 0 Å². The summed E-state index contributed by atoms with van der Waals surface area (Å²) in [5.41, 5.74) is 1.84. The van der Waals surface area contributed by atoms with Gasteiger partial charge in [0.25, 0.3) is 0 Å². The van der Waals surface area contributed by atoms with Gasteiger partial charge in [-0.1, -0.05) is 79.2 Å². The summed E-state index contributed by atoms with van der Waals surface area (Å²) >= 11 is 17.9. The molecule has 2 N–H and O–H groups in total. The van der Waals surface area contributed by atoms with Crippen molar-refractivity contribution in [3.63, 3.8) is 0 Å². The highest BCUT2D eigenvalue weighted by molar-refractivity contribution is 6.68. The molecule has 22 heavy (non-hydrogen) atoms. The van der Waals surface area contributed by atoms with E-state index in [0.717, 1.165) is 36.9 Å². The Hall–Kier alpha value is -0.640. The number of carbonyl (C=O) groups is 1. The van der Waals surface area contributed by atoms with Gasteiger partial charge < -0.3 is 10.6 Å². The number of anilines is 1. The molecule has 1 rings (SSSR count). The van der Waals surface area contributed by atoms with Crippen molar-refractivity contribution in [1.82, 2.24) is 5.32 Å². The van der Waals surface area contributed by atoms with E-state index in [2.05, 4.69) is 17.6 Å². The summed E-state index contributed by atoms with van der Waals surface area (Å²) < 4.78 is -1.64. The molecule has 1 amide bonds. The Labute approximate surface area is 147 Å². The van der Waals surface area contributed by atoms with E-state index >= 15 is 0 Å². The number of nitrogens with one attached hydrogen (secondary N) is 2. The summed E-state index contributed by atoms with van der Waals surface area (Å²) in [6.45, 7) is 4.08. The van der Waals surface area contributed by atoms with E-state index in [1.54, 1.807) is 0 Å². The quantitative estimate of drug-likeness (QED) is 0.378. The zero-order chi connectivity index (χ0) is 16.6. The number of alkyl halides is 3. The average molecular weight is 366 g/mol. The minimum Gasteiger partial charge on any atom is -0.362 e. The van der Waals surface area contributed by atoms with Crippen molar-refractivity contribution >= 4 is 46.4 Å². The van der Waals surface area contributed by atoms with Gasteiger partial charge in [-0.05, 0) is 25.0 Å². The molecule has 0 unspecified atom stereocenters. The first-order chi connectivity index (χ1) is 10.3. The monoisotopic (exact) mass is 364 g/mol. The molecule has 0 spiro atoms. The maximum Gasteiger partial charge on any atom is 0.228 e. The number of para-hydroxylation sites is 1. The predicted molar refractivity (Wildman–Crippen MR) is 95.8 cm³/mol. The Morgan fingerprint density at radius 3 is 2.45 bits per heavy atom. The molecule has 0 aliphatic rings. The highest BCUT2D eigenvalue weighted by Crippen LogP contribution is 2.31. The molecule has 1 aromatic carbocycles. The van der Waals surface area contributed by atoms with Crippen LogP contribution in [0.15, 0.2) is 24.3 Å². The van der Waals surface area contributed by atoms with Crippen LogP contribution < -0.4 is 10.6 Å². The second-order valence-corrected chi connectivity index (χ2v) is 7.68. The lowest BCUT2D eigenvalue weighted by Gasteiger charge is -2.28. The number of aryl methyl sites for hydroxylation is 1. The summed E-state index contributed by atoms with van der Waals surface area (Å²) in [7, 11) is 0. The number of halogens is 3. The Bertz CT molecular complexity index is 475. The van der Waals surface area contributed by atoms with Crippen LogP contribution in [0.3, 0.4) is 0 Å². The molecule has 0 heterocycles. The largest absolute Gasteiger partial charge is 0.362 e. The van der Waals surface area contributed by atoms with Gasteiger partial charge in [-0.3, -0.25) is 4.79 Å². The molecule has 124 valence electrons. The van der Waals surface area contributed by atoms with Gasteiger partial charge in [-0.15, -0.1) is 0 Å². The lowest BCUT2D eigenvalue weighted by atomic mass is 10.1. The molecule has 6 heteroatoms. The number of hydrogen-bond acceptors (Lipinski definition) is 2. The zero-order valence-corrected chi connectivity index (χ0v) is 15.2. The van der Waals surface area contributed by atoms with Crippen LogP contribution in [0.5, 0.6) is 0 Å². The van der Waals surface area contributed by atoms with Gasteiger partial charge in [-0.25, -0.2) is 0 Å². The Morgan fingerprint density at radius 1 is 1.18 bits per heavy atom. The van der Waals surface area contributed by atoms with Gasteiger partial charge in [0.2, 0.25) is 9.70 Å². The third-order valence-corrected chi connectivity index (χ3v) is 3.99. The minimum absolute atomic E-state index is 0.117. The number of rotatable bonds is 8. The van der Waals surface area contributed by atoms with E-state index in [9.17, 15) is 4.79 Å². The van der Waals surface area contributed by atoms with Crippen molar-refractivity contribution in [2.75, 3.05) is 5.32 Å². The van der Waals surface area contributed by atoms with Gasteiger partial charge in [0, 0.05) is 12.1 Å². The van der Waals surface area contributed by atoms with E-state index in [1.807, 2.05) is 31.2 Å². The van der Waals surface area contributed by atoms with Gasteiger partial charge in [0.05, 0.1) is 0 Å². The standard InChI is InChI=1S/C16H23Cl3N2O/c1-3-4-5-6-11-14(22)21-15(16(17,18)19)20-13-10-8-7-9-12(13)2/h7-10,15,20H,3-6,11H2,1-2H3,(H,21,22)/t15-/m0/s1. The van der Waals surface area contributed by atoms with Crippen LogP contribution in [-0.4, -0.2) is 15.9 Å². The number of carbonyl (C=O) groups excluding carboxylic acids is 1. The maximum atomic E-state index is 12.0. The Kier molecular flexibility index (Phi) is 8.37. The first-order valence-electron chi connectivity index (χ1n) is 7.53. The van der Waals surface area contributed by atoms with Crippen LogP contribution >= 0.6 is 34.8 Å². The number of unbranched alkanes of at least 4 members (excludes halogenated alkanes) is 3. The molecule has 1 atom stereocenters. The summed E-state index contributed by atoms with van der Waals surface area (Å²) in [6, 6.07) is 7.64. The van der Waals surface area contributed by atoms with Crippen molar-refractivity contribution in [1.29, 1.82) is 0 Å². The Balaban J connectivity index is 2.62. The first kappa shape index (κ1) is 19.4. The van der Waals surface area contributed by atoms with Crippen LogP contribution in [0.1, 0.15) is 44.6 Å². The molecule has 0 aromatic heterocycles. The highest BCUT2D eigenvalue weighted by atomic mass is 35.6. The smallest absolute Gasteiger partial charge is 0.228 e. The van der Waals surface area contributed by atoms with Gasteiger partial charge >= 0.3 is 0 Å². The van der Waals surface area contributed by atoms with Crippen LogP contribution in [0.2, 0.25) is 0 Å². The molecule has 0 saturated carbocycles. The maximum absolute atomic E-state index is 12.0. The van der Waals surface area contributed by atoms with E-state index < -0.39 is 9.96 Å². The third kappa shape index (κ3) is 7.08. The van der Waals surface area contributed by atoms with Crippen LogP contribution in [-0.2, 0) is 4.79 Å². The van der Waals surface area contributed by atoms with Crippen molar-refractivity contribution in [3.05, 3.63) is 29.8 Å². The predicted octanol–water partition coefficient (Wildman–Crippen LogP) is 5.19. The molecule has 1 aromatic rings.